The van der Waals surface area contributed by atoms with Gasteiger partial charge in [0.1, 0.15) is 5.69 Å². The summed E-state index contributed by atoms with van der Waals surface area (Å²) in [6.45, 7) is 7.00. The second-order valence-electron chi connectivity index (χ2n) is 9.02. The Hall–Kier alpha value is -1.84. The van der Waals surface area contributed by atoms with E-state index in [1.165, 1.54) is 57.0 Å². The molecule has 0 radical (unpaired) electrons. The van der Waals surface area contributed by atoms with Gasteiger partial charge in [-0.25, -0.2) is 9.59 Å². The summed E-state index contributed by atoms with van der Waals surface area (Å²) in [6.07, 6.45) is 7.20. The predicted octanol–water partition coefficient (Wildman–Crippen LogP) is 1.41. The van der Waals surface area contributed by atoms with E-state index < -0.39 is 11.9 Å². The number of carboxylic acids is 2. The molecule has 4 N–H and O–H groups in total. The molecule has 4 saturated heterocycles. The van der Waals surface area contributed by atoms with Gasteiger partial charge in [-0.1, -0.05) is 11.6 Å². The van der Waals surface area contributed by atoms with Gasteiger partial charge < -0.3 is 25.7 Å². The van der Waals surface area contributed by atoms with Crippen molar-refractivity contribution in [2.24, 2.45) is 11.1 Å². The molecule has 12 heteroatoms. The van der Waals surface area contributed by atoms with E-state index in [1.807, 2.05) is 0 Å². The summed E-state index contributed by atoms with van der Waals surface area (Å²) in [4.78, 5) is 23.1. The highest BCUT2D eigenvalue weighted by atomic mass is 35.5. The molecule has 0 saturated carbocycles. The van der Waals surface area contributed by atoms with Gasteiger partial charge in [-0.3, -0.25) is 0 Å². The molecule has 5 rings (SSSR count). The molecule has 32 heavy (non-hydrogen) atoms. The minimum absolute atomic E-state index is 0.146. The number of nitrogens with two attached hydrogens (primary N) is 1. The number of fused-ring (bicyclic) bond motifs is 4. The minimum Gasteiger partial charge on any atom is -0.473 e. The van der Waals surface area contributed by atoms with Crippen LogP contribution in [-0.4, -0.2) is 86.0 Å². The molecule has 4 aliphatic heterocycles. The van der Waals surface area contributed by atoms with Crippen molar-refractivity contribution in [3.8, 4) is 6.07 Å². The molecule has 5 atom stereocenters. The lowest BCUT2D eigenvalue weighted by atomic mass is 9.75. The van der Waals surface area contributed by atoms with Crippen molar-refractivity contribution in [1.82, 2.24) is 18.5 Å². The monoisotopic (exact) mass is 484 g/mol. The lowest BCUT2D eigenvalue weighted by molar-refractivity contribution is -0.159. The van der Waals surface area contributed by atoms with Crippen LogP contribution in [0.5, 0.6) is 0 Å². The smallest absolute Gasteiger partial charge is 0.414 e. The van der Waals surface area contributed by atoms with Crippen LogP contribution in [0.1, 0.15) is 44.2 Å². The van der Waals surface area contributed by atoms with Gasteiger partial charge in [0.05, 0.1) is 23.8 Å². The zero-order valence-electron chi connectivity index (χ0n) is 17.9. The van der Waals surface area contributed by atoms with Gasteiger partial charge in [-0.05, 0) is 64.7 Å². The first kappa shape index (κ1) is 24.8. The molecule has 1 aromatic heterocycles. The molecular weight excluding hydrogens is 456 g/mol. The highest BCUT2D eigenvalue weighted by molar-refractivity contribution is 6.99. The highest BCUT2D eigenvalue weighted by Gasteiger charge is 2.46. The second kappa shape index (κ2) is 10.4. The summed E-state index contributed by atoms with van der Waals surface area (Å²) >= 11 is 7.32. The van der Waals surface area contributed by atoms with Gasteiger partial charge in [0.2, 0.25) is 0 Å². The molecule has 4 fully saturated rings. The van der Waals surface area contributed by atoms with Crippen LogP contribution in [0.2, 0.25) is 5.15 Å². The fourth-order valence-electron chi connectivity index (χ4n) is 5.38. The van der Waals surface area contributed by atoms with Crippen molar-refractivity contribution in [1.29, 1.82) is 5.26 Å². The van der Waals surface area contributed by atoms with Crippen molar-refractivity contribution in [3.05, 3.63) is 10.8 Å². The predicted molar refractivity (Wildman–Crippen MR) is 118 cm³/mol. The van der Waals surface area contributed by atoms with Gasteiger partial charge >= 0.3 is 11.9 Å². The summed E-state index contributed by atoms with van der Waals surface area (Å²) in [6, 6.07) is 1.96. The van der Waals surface area contributed by atoms with Crippen molar-refractivity contribution < 1.29 is 19.8 Å². The van der Waals surface area contributed by atoms with Crippen LogP contribution < -0.4 is 5.73 Å². The number of piperidine rings is 2. The Bertz CT molecular complexity index is 859. The Kier molecular flexibility index (Phi) is 8.06. The highest BCUT2D eigenvalue weighted by Crippen LogP contribution is 2.43. The summed E-state index contributed by atoms with van der Waals surface area (Å²) in [5.74, 6) is -3.65. The van der Waals surface area contributed by atoms with Crippen molar-refractivity contribution in [2.75, 3.05) is 39.3 Å². The van der Waals surface area contributed by atoms with Crippen molar-refractivity contribution >= 4 is 35.3 Å². The lowest BCUT2D eigenvalue weighted by Crippen LogP contribution is -2.45. The van der Waals surface area contributed by atoms with Crippen LogP contribution in [0, 0.1) is 16.7 Å². The number of nitrogens with zero attached hydrogens (tertiary/aromatic N) is 5. The molecule has 1 aromatic rings. The first-order chi connectivity index (χ1) is 15.2. The summed E-state index contributed by atoms with van der Waals surface area (Å²) < 4.78 is 8.46. The summed E-state index contributed by atoms with van der Waals surface area (Å²) in [7, 11) is 0. The van der Waals surface area contributed by atoms with Gasteiger partial charge in [0.25, 0.3) is 0 Å². The third-order valence-electron chi connectivity index (χ3n) is 7.11. The van der Waals surface area contributed by atoms with Crippen LogP contribution in [-0.2, 0) is 15.0 Å². The molecule has 5 heterocycles. The Morgan fingerprint density at radius 3 is 2.25 bits per heavy atom. The minimum atomic E-state index is -1.82. The molecule has 5 unspecified atom stereocenters. The molecule has 0 spiro atoms. The number of halogens is 1. The molecule has 0 aromatic carbocycles. The zero-order valence-corrected chi connectivity index (χ0v) is 19.4. The van der Waals surface area contributed by atoms with E-state index in [0.29, 0.717) is 5.15 Å². The standard InChI is InChI=1S/C9H12ClN3S.C9H15N3.C2H2O4/c10-8-7(11-14-12-8)9-2-1-4-13(6-9)5-3-9;10-6-8(11)9-2-1-4-12(7-9)5-3-9;3-1(4)2(5)6/h1-6H2;8H,1-5,7,11H2;(H,3,4)(H,5,6). The first-order valence-electron chi connectivity index (χ1n) is 10.8. The largest absolute Gasteiger partial charge is 0.473 e. The number of carboxylic acid groups (broad SMARTS) is 2. The van der Waals surface area contributed by atoms with Crippen LogP contribution in [0.25, 0.3) is 0 Å². The normalized spacial score (nSPS) is 33.0. The van der Waals surface area contributed by atoms with E-state index in [0.717, 1.165) is 38.2 Å². The first-order valence-corrected chi connectivity index (χ1v) is 11.9. The second-order valence-corrected chi connectivity index (χ2v) is 9.91. The topological polar surface area (TPSA) is 157 Å². The van der Waals surface area contributed by atoms with Crippen molar-refractivity contribution in [3.63, 3.8) is 0 Å². The molecule has 0 aliphatic carbocycles. The van der Waals surface area contributed by atoms with Gasteiger partial charge in [-0.2, -0.15) is 14.0 Å². The Balaban J connectivity index is 0.000000147. The van der Waals surface area contributed by atoms with E-state index in [-0.39, 0.29) is 16.9 Å². The number of aliphatic carboxylic acids is 2. The Morgan fingerprint density at radius 1 is 1.03 bits per heavy atom. The summed E-state index contributed by atoms with van der Waals surface area (Å²) in [5, 5.41) is 24.2. The third kappa shape index (κ3) is 5.38. The van der Waals surface area contributed by atoms with E-state index in [1.54, 1.807) is 0 Å². The van der Waals surface area contributed by atoms with E-state index >= 15 is 0 Å². The van der Waals surface area contributed by atoms with Crippen molar-refractivity contribution in [2.45, 2.75) is 50.0 Å². The number of aromatic nitrogens is 2. The maximum Gasteiger partial charge on any atom is 0.414 e. The number of carbonyl (C=O) groups is 2. The number of hydrogen-bond donors (Lipinski definition) is 3. The van der Waals surface area contributed by atoms with Crippen LogP contribution in [0.3, 0.4) is 0 Å². The number of rotatable bonds is 2. The SMILES string of the molecule is Clc1nsnc1C12CCCN(CC1)C2.N#CC(N)C12CCCN(CC1)C2.O=C(O)C(=O)O. The molecule has 4 bridgehead atoms. The fourth-order valence-corrected chi connectivity index (χ4v) is 6.33. The number of nitriles is 1. The Morgan fingerprint density at radius 2 is 1.66 bits per heavy atom. The van der Waals surface area contributed by atoms with Gasteiger partial charge in [-0.15, -0.1) is 0 Å². The van der Waals surface area contributed by atoms with E-state index in [4.69, 9.17) is 42.4 Å². The van der Waals surface area contributed by atoms with Crippen LogP contribution in [0.15, 0.2) is 0 Å². The molecule has 4 aliphatic rings. The molecule has 10 nitrogen and oxygen atoms in total. The fraction of sp³-hybridized carbons (Fsp3) is 0.750. The zero-order chi connectivity index (χ0) is 23.4. The quantitative estimate of drug-likeness (QED) is 0.524. The van der Waals surface area contributed by atoms with Crippen LogP contribution in [0.4, 0.5) is 0 Å². The van der Waals surface area contributed by atoms with Crippen LogP contribution >= 0.6 is 23.3 Å². The van der Waals surface area contributed by atoms with Gasteiger partial charge in [0.15, 0.2) is 5.15 Å². The lowest BCUT2D eigenvalue weighted by Gasteiger charge is -2.35. The number of hydrogen-bond acceptors (Lipinski definition) is 9. The van der Waals surface area contributed by atoms with E-state index in [9.17, 15) is 0 Å². The van der Waals surface area contributed by atoms with Gasteiger partial charge in [0, 0.05) is 23.9 Å². The average molecular weight is 485 g/mol. The molecular formula is C20H29ClN6O4S. The molecule has 176 valence electrons. The summed E-state index contributed by atoms with van der Waals surface area (Å²) in [5.41, 5.74) is 7.28. The van der Waals surface area contributed by atoms with E-state index in [2.05, 4.69) is 24.6 Å². The molecule has 0 amide bonds. The maximum absolute atomic E-state index is 9.10. The Labute approximate surface area is 196 Å². The maximum atomic E-state index is 9.10. The average Bonchev–Trinajstić information content (AvgIpc) is 3.44. The third-order valence-corrected chi connectivity index (χ3v) is 8.00.